The van der Waals surface area contributed by atoms with Gasteiger partial charge in [0, 0.05) is 6.04 Å². The Morgan fingerprint density at radius 1 is 1.10 bits per heavy atom. The third-order valence-corrected chi connectivity index (χ3v) is 4.90. The molecule has 0 bridgehead atoms. The minimum atomic E-state index is -0.721. The van der Waals surface area contributed by atoms with Crippen LogP contribution in [-0.4, -0.2) is 34.3 Å². The molecule has 0 spiro atoms. The van der Waals surface area contributed by atoms with Gasteiger partial charge in [0.05, 0.1) is 0 Å². The fourth-order valence-corrected chi connectivity index (χ4v) is 3.45. The van der Waals surface area contributed by atoms with Crippen LogP contribution < -0.4 is 5.32 Å². The van der Waals surface area contributed by atoms with Gasteiger partial charge in [-0.3, -0.25) is 9.59 Å². The maximum absolute atomic E-state index is 13.2. The van der Waals surface area contributed by atoms with Gasteiger partial charge >= 0.3 is 0 Å². The van der Waals surface area contributed by atoms with Gasteiger partial charge in [-0.05, 0) is 31.1 Å². The van der Waals surface area contributed by atoms with E-state index in [1.165, 1.54) is 0 Å². The Bertz CT molecular complexity index is 390. The van der Waals surface area contributed by atoms with E-state index < -0.39 is 5.54 Å². The quantitative estimate of drug-likeness (QED) is 0.847. The molecule has 1 rings (SSSR count). The number of carbonyl (C=O) groups is 2. The summed E-state index contributed by atoms with van der Waals surface area (Å²) in [6.07, 6.45) is 3.04. The molecular weight excluding hydrogens is 264 g/mol. The minimum Gasteiger partial charge on any atom is -0.340 e. The van der Waals surface area contributed by atoms with E-state index in [1.807, 2.05) is 39.5 Å². The molecule has 0 aliphatic carbocycles. The monoisotopic (exact) mass is 296 g/mol. The highest BCUT2D eigenvalue weighted by Crippen LogP contribution is 2.35. The number of rotatable bonds is 5. The maximum Gasteiger partial charge on any atom is 0.249 e. The van der Waals surface area contributed by atoms with E-state index in [0.29, 0.717) is 12.8 Å². The molecule has 0 radical (unpaired) electrons. The second-order valence-electron chi connectivity index (χ2n) is 7.23. The number of amides is 2. The molecule has 1 atom stereocenters. The Hall–Kier alpha value is -1.06. The Labute approximate surface area is 129 Å². The van der Waals surface area contributed by atoms with Crippen LogP contribution in [0.1, 0.15) is 74.1 Å². The molecule has 1 aliphatic rings. The first kappa shape index (κ1) is 18.0. The molecular formula is C17H32N2O2. The predicted molar refractivity (Wildman–Crippen MR) is 85.9 cm³/mol. The van der Waals surface area contributed by atoms with Gasteiger partial charge < -0.3 is 10.2 Å². The summed E-state index contributed by atoms with van der Waals surface area (Å²) in [6.45, 7) is 14.2. The van der Waals surface area contributed by atoms with E-state index >= 15 is 0 Å². The highest BCUT2D eigenvalue weighted by Gasteiger charge is 2.53. The lowest BCUT2D eigenvalue weighted by atomic mass is 9.78. The zero-order chi connectivity index (χ0) is 16.4. The van der Waals surface area contributed by atoms with E-state index in [0.717, 1.165) is 12.8 Å². The van der Waals surface area contributed by atoms with Crippen molar-refractivity contribution >= 4 is 11.8 Å². The molecule has 0 saturated carbocycles. The number of carbonyl (C=O) groups excluding carboxylic acids is 2. The van der Waals surface area contributed by atoms with E-state index in [-0.39, 0.29) is 29.3 Å². The Morgan fingerprint density at radius 3 is 1.90 bits per heavy atom. The maximum atomic E-state index is 13.2. The largest absolute Gasteiger partial charge is 0.340 e. The van der Waals surface area contributed by atoms with Crippen LogP contribution in [-0.2, 0) is 9.59 Å². The van der Waals surface area contributed by atoms with Crippen LogP contribution >= 0.6 is 0 Å². The highest BCUT2D eigenvalue weighted by molar-refractivity contribution is 6.00. The molecule has 21 heavy (non-hydrogen) atoms. The van der Waals surface area contributed by atoms with E-state index in [2.05, 4.69) is 19.2 Å². The van der Waals surface area contributed by atoms with Crippen molar-refractivity contribution in [2.45, 2.75) is 91.8 Å². The molecule has 2 amide bonds. The summed E-state index contributed by atoms with van der Waals surface area (Å²) < 4.78 is 0. The van der Waals surface area contributed by atoms with Gasteiger partial charge in [0.1, 0.15) is 11.6 Å². The van der Waals surface area contributed by atoms with Gasteiger partial charge in [0.25, 0.3) is 0 Å². The average Bonchev–Trinajstić information content (AvgIpc) is 2.42. The van der Waals surface area contributed by atoms with E-state index in [1.54, 1.807) is 0 Å². The number of nitrogens with one attached hydrogen (secondary N) is 1. The molecule has 1 fully saturated rings. The number of hydrogen-bond acceptors (Lipinski definition) is 2. The average molecular weight is 296 g/mol. The standard InChI is InChI=1S/C17H32N2O2/c1-8-12(9-2)19-13(16(5,6)7)14(20)18-17(10-3,11-4)15(19)21/h12-13H,8-11H2,1-7H3,(H,18,20). The van der Waals surface area contributed by atoms with Crippen LogP contribution in [0.4, 0.5) is 0 Å². The third kappa shape index (κ3) is 3.09. The molecule has 1 saturated heterocycles. The molecule has 122 valence electrons. The normalized spacial score (nSPS) is 22.7. The van der Waals surface area contributed by atoms with Crippen molar-refractivity contribution in [2.75, 3.05) is 0 Å². The second kappa shape index (κ2) is 6.37. The zero-order valence-corrected chi connectivity index (χ0v) is 14.7. The van der Waals surface area contributed by atoms with Crippen LogP contribution in [0.25, 0.3) is 0 Å². The Kier molecular flexibility index (Phi) is 5.46. The van der Waals surface area contributed by atoms with Crippen LogP contribution in [0.3, 0.4) is 0 Å². The molecule has 4 heteroatoms. The summed E-state index contributed by atoms with van der Waals surface area (Å²) in [4.78, 5) is 27.8. The number of nitrogens with zero attached hydrogens (tertiary/aromatic N) is 1. The van der Waals surface area contributed by atoms with Gasteiger partial charge in [0.2, 0.25) is 11.8 Å². The Morgan fingerprint density at radius 2 is 1.57 bits per heavy atom. The summed E-state index contributed by atoms with van der Waals surface area (Å²) >= 11 is 0. The van der Waals surface area contributed by atoms with Crippen LogP contribution in [0.15, 0.2) is 0 Å². The lowest BCUT2D eigenvalue weighted by molar-refractivity contribution is -0.163. The van der Waals surface area contributed by atoms with Crippen LogP contribution in [0, 0.1) is 5.41 Å². The van der Waals surface area contributed by atoms with Gasteiger partial charge in [-0.1, -0.05) is 48.5 Å². The van der Waals surface area contributed by atoms with E-state index in [9.17, 15) is 9.59 Å². The molecule has 4 nitrogen and oxygen atoms in total. The topological polar surface area (TPSA) is 49.4 Å². The third-order valence-electron chi connectivity index (χ3n) is 4.90. The Balaban J connectivity index is 3.36. The minimum absolute atomic E-state index is 0.00213. The first-order valence-corrected chi connectivity index (χ1v) is 8.33. The summed E-state index contributed by atoms with van der Waals surface area (Å²) in [5.74, 6) is 0.0958. The van der Waals surface area contributed by atoms with Gasteiger partial charge in [-0.15, -0.1) is 0 Å². The van der Waals surface area contributed by atoms with Crippen molar-refractivity contribution in [1.82, 2.24) is 10.2 Å². The first-order valence-electron chi connectivity index (χ1n) is 8.33. The molecule has 0 aromatic rings. The van der Waals surface area contributed by atoms with Crippen LogP contribution in [0.5, 0.6) is 0 Å². The van der Waals surface area contributed by atoms with Crippen molar-refractivity contribution in [2.24, 2.45) is 5.41 Å². The lowest BCUT2D eigenvalue weighted by Gasteiger charge is -2.52. The van der Waals surface area contributed by atoms with Crippen molar-refractivity contribution < 1.29 is 9.59 Å². The smallest absolute Gasteiger partial charge is 0.249 e. The summed E-state index contributed by atoms with van der Waals surface area (Å²) in [6, 6.07) is -0.258. The second-order valence-corrected chi connectivity index (χ2v) is 7.23. The fourth-order valence-electron chi connectivity index (χ4n) is 3.45. The summed E-state index contributed by atoms with van der Waals surface area (Å²) in [5, 5.41) is 3.04. The number of hydrogen-bond donors (Lipinski definition) is 1. The summed E-state index contributed by atoms with van der Waals surface area (Å²) in [7, 11) is 0. The van der Waals surface area contributed by atoms with Gasteiger partial charge in [0.15, 0.2) is 0 Å². The molecule has 0 aromatic carbocycles. The van der Waals surface area contributed by atoms with Crippen molar-refractivity contribution in [3.63, 3.8) is 0 Å². The molecule has 0 aromatic heterocycles. The van der Waals surface area contributed by atoms with Crippen molar-refractivity contribution in [3.8, 4) is 0 Å². The molecule has 1 heterocycles. The zero-order valence-electron chi connectivity index (χ0n) is 14.7. The fraction of sp³-hybridized carbons (Fsp3) is 0.882. The SMILES string of the molecule is CCC(CC)N1C(=O)C(CC)(CC)NC(=O)C1C(C)(C)C. The predicted octanol–water partition coefficient (Wildman–Crippen LogP) is 3.11. The lowest BCUT2D eigenvalue weighted by Crippen LogP contribution is -2.73. The van der Waals surface area contributed by atoms with Gasteiger partial charge in [-0.2, -0.15) is 0 Å². The first-order chi connectivity index (χ1) is 9.68. The van der Waals surface area contributed by atoms with Crippen molar-refractivity contribution in [3.05, 3.63) is 0 Å². The van der Waals surface area contributed by atoms with Crippen LogP contribution in [0.2, 0.25) is 0 Å². The molecule has 1 unspecified atom stereocenters. The van der Waals surface area contributed by atoms with Crippen molar-refractivity contribution in [1.29, 1.82) is 0 Å². The molecule has 1 aliphatic heterocycles. The van der Waals surface area contributed by atoms with Gasteiger partial charge in [-0.25, -0.2) is 0 Å². The summed E-state index contributed by atoms with van der Waals surface area (Å²) in [5.41, 5.74) is -0.989. The van der Waals surface area contributed by atoms with E-state index in [4.69, 9.17) is 0 Å². The number of piperazine rings is 1. The molecule has 1 N–H and O–H groups in total. The highest BCUT2D eigenvalue weighted by atomic mass is 16.2.